The van der Waals surface area contributed by atoms with E-state index in [-0.39, 0.29) is 6.07 Å². The Morgan fingerprint density at radius 1 is 0.595 bits per heavy atom. The molecule has 4 aromatic carbocycles. The number of alkyl halides is 3. The zero-order valence-corrected chi connectivity index (χ0v) is 20.2. The minimum absolute atomic E-state index is 0.126. The summed E-state index contributed by atoms with van der Waals surface area (Å²) in [5.41, 5.74) is -6.08. The average molecular weight is 560 g/mol. The summed E-state index contributed by atoms with van der Waals surface area (Å²) < 4.78 is 134. The molecule has 0 aliphatic heterocycles. The summed E-state index contributed by atoms with van der Waals surface area (Å²) in [5.74, 6) is -8.13. The van der Waals surface area contributed by atoms with Crippen LogP contribution in [0.15, 0.2) is 97.1 Å². The van der Waals surface area contributed by atoms with Gasteiger partial charge in [-0.05, 0) is 0 Å². The van der Waals surface area contributed by atoms with E-state index in [0.29, 0.717) is 0 Å². The van der Waals surface area contributed by atoms with Crippen molar-refractivity contribution < 1.29 is 43.1 Å². The normalized spacial score (nSPS) is 13.6. The minimum atomic E-state index is -6.69. The quantitative estimate of drug-likeness (QED) is 0.141. The van der Waals surface area contributed by atoms with Crippen molar-refractivity contribution in [2.24, 2.45) is 0 Å². The molecule has 0 aromatic heterocycles. The third kappa shape index (κ3) is 3.93. The topological polar surface area (TPSA) is 43.4 Å². The van der Waals surface area contributed by atoms with Crippen LogP contribution < -0.4 is 21.2 Å². The van der Waals surface area contributed by atoms with Gasteiger partial charge in [0.2, 0.25) is 0 Å². The Morgan fingerprint density at radius 3 is 1.22 bits per heavy atom. The van der Waals surface area contributed by atoms with Gasteiger partial charge in [0.05, 0.1) is 0 Å². The maximum absolute atomic E-state index is 15.8. The van der Waals surface area contributed by atoms with Crippen LogP contribution >= 0.6 is 6.83 Å². The fourth-order valence-electron chi connectivity index (χ4n) is 4.31. The molecule has 0 N–H and O–H groups in total. The zero-order chi connectivity index (χ0) is 27.1. The number of rotatable bonds is 6. The van der Waals surface area contributed by atoms with Crippen LogP contribution in [0.25, 0.3) is 0 Å². The Hall–Kier alpha value is -3.27. The molecule has 12 heteroatoms. The predicted molar refractivity (Wildman–Crippen MR) is 127 cm³/mol. The molecule has 0 bridgehead atoms. The van der Waals surface area contributed by atoms with Crippen LogP contribution in [0.4, 0.5) is 30.7 Å². The summed E-state index contributed by atoms with van der Waals surface area (Å²) >= 11 is 0. The first-order valence-corrected chi connectivity index (χ1v) is 14.0. The van der Waals surface area contributed by atoms with Gasteiger partial charge in [-0.1, -0.05) is 0 Å². The Kier molecular flexibility index (Phi) is 6.69. The number of hydrogen-bond donors (Lipinski definition) is 0. The molecule has 0 spiro atoms. The second kappa shape index (κ2) is 9.24. The summed E-state index contributed by atoms with van der Waals surface area (Å²) in [6.07, 6.45) is 0. The Labute approximate surface area is 207 Å². The van der Waals surface area contributed by atoms with Crippen LogP contribution in [0.5, 0.6) is 0 Å². The maximum atomic E-state index is 15.8. The Balaban J connectivity index is 2.47. The van der Waals surface area contributed by atoms with Crippen molar-refractivity contribution >= 4 is 38.2 Å². The van der Waals surface area contributed by atoms with Crippen LogP contribution in [0.1, 0.15) is 0 Å². The molecule has 4 rings (SSSR count). The van der Waals surface area contributed by atoms with E-state index >= 15 is 8.78 Å². The summed E-state index contributed by atoms with van der Waals surface area (Å²) in [5, 5.41) is -3.00. The first-order chi connectivity index (χ1) is 17.4. The molecule has 4 aromatic rings. The second-order valence-electron chi connectivity index (χ2n) is 7.83. The van der Waals surface area contributed by atoms with Crippen LogP contribution in [0, 0.1) is 23.3 Å². The molecule has 37 heavy (non-hydrogen) atoms. The van der Waals surface area contributed by atoms with Crippen molar-refractivity contribution in [2.45, 2.75) is 5.51 Å². The first kappa shape index (κ1) is 26.8. The van der Waals surface area contributed by atoms with Crippen molar-refractivity contribution in [1.29, 1.82) is 0 Å². The van der Waals surface area contributed by atoms with Gasteiger partial charge in [0.15, 0.2) is 0 Å². The molecule has 0 aliphatic carbocycles. The van der Waals surface area contributed by atoms with Gasteiger partial charge in [0.25, 0.3) is 0 Å². The standard InChI is InChI=1S/C25H16F7O3PS/c26-20-16-21(27)23(29)24(22(20)28)36(17-10-4-1-5-11-17,18-12-6-2-7-13-18,19-14-8-3-9-15-19)35-37(33,34)25(30,31)32/h1-16H. The molecule has 0 aliphatic rings. The molecule has 0 unspecified atom stereocenters. The van der Waals surface area contributed by atoms with Gasteiger partial charge in [-0.25, -0.2) is 0 Å². The molecule has 0 atom stereocenters. The average Bonchev–Trinajstić information content (AvgIpc) is 2.88. The molecular weight excluding hydrogens is 544 g/mol. The number of hydrogen-bond acceptors (Lipinski definition) is 3. The third-order valence-electron chi connectivity index (χ3n) is 5.79. The number of halogens is 7. The van der Waals surface area contributed by atoms with E-state index < -0.39 is 66.9 Å². The van der Waals surface area contributed by atoms with E-state index in [0.717, 1.165) is 36.4 Å². The van der Waals surface area contributed by atoms with Gasteiger partial charge in [-0.3, -0.25) is 0 Å². The third-order valence-corrected chi connectivity index (χ3v) is 13.4. The molecule has 0 heterocycles. The van der Waals surface area contributed by atoms with Crippen molar-refractivity contribution in [3.8, 4) is 0 Å². The van der Waals surface area contributed by atoms with E-state index in [2.05, 4.69) is 0 Å². The van der Waals surface area contributed by atoms with Gasteiger partial charge < -0.3 is 0 Å². The molecule has 3 nitrogen and oxygen atoms in total. The predicted octanol–water partition coefficient (Wildman–Crippen LogP) is 5.18. The summed E-state index contributed by atoms with van der Waals surface area (Å²) in [6, 6.07) is 18.2. The van der Waals surface area contributed by atoms with Gasteiger partial charge in [-0.2, -0.15) is 0 Å². The van der Waals surface area contributed by atoms with Crippen LogP contribution in [-0.2, 0) is 14.1 Å². The van der Waals surface area contributed by atoms with E-state index in [1.54, 1.807) is 0 Å². The van der Waals surface area contributed by atoms with Crippen LogP contribution in [0.2, 0.25) is 0 Å². The fourth-order valence-corrected chi connectivity index (χ4v) is 12.4. The molecule has 0 radical (unpaired) electrons. The molecule has 0 fully saturated rings. The van der Waals surface area contributed by atoms with Crippen molar-refractivity contribution in [2.75, 3.05) is 0 Å². The SMILES string of the molecule is O=S(=O)(OP(c1ccccc1)(c1ccccc1)(c1ccccc1)c1c(F)c(F)cc(F)c1F)C(F)(F)F. The van der Waals surface area contributed by atoms with E-state index in [4.69, 9.17) is 3.97 Å². The Bertz CT molecular complexity index is 1420. The van der Waals surface area contributed by atoms with Gasteiger partial charge >= 0.3 is 207 Å². The second-order valence-corrected chi connectivity index (χ2v) is 13.9. The van der Waals surface area contributed by atoms with Crippen LogP contribution in [0.3, 0.4) is 0 Å². The van der Waals surface area contributed by atoms with Crippen LogP contribution in [-0.4, -0.2) is 13.9 Å². The van der Waals surface area contributed by atoms with Gasteiger partial charge in [0, 0.05) is 0 Å². The first-order valence-electron chi connectivity index (χ1n) is 10.4. The van der Waals surface area contributed by atoms with Crippen molar-refractivity contribution in [3.05, 3.63) is 120 Å². The molecule has 0 saturated carbocycles. The number of benzene rings is 4. The summed E-state index contributed by atoms with van der Waals surface area (Å²) in [7, 11) is -6.69. The van der Waals surface area contributed by atoms with E-state index in [9.17, 15) is 30.4 Å². The summed E-state index contributed by atoms with van der Waals surface area (Å²) in [6.45, 7) is -6.33. The van der Waals surface area contributed by atoms with Crippen molar-refractivity contribution in [1.82, 2.24) is 0 Å². The zero-order valence-electron chi connectivity index (χ0n) is 18.5. The fraction of sp³-hybridized carbons (Fsp3) is 0.0400. The summed E-state index contributed by atoms with van der Waals surface area (Å²) in [4.78, 5) is 0. The van der Waals surface area contributed by atoms with E-state index in [1.807, 2.05) is 0 Å². The van der Waals surface area contributed by atoms with E-state index in [1.165, 1.54) is 54.6 Å². The molecule has 0 saturated heterocycles. The van der Waals surface area contributed by atoms with Gasteiger partial charge in [-0.15, -0.1) is 0 Å². The molecule has 0 amide bonds. The van der Waals surface area contributed by atoms with Gasteiger partial charge in [0.1, 0.15) is 0 Å². The Morgan fingerprint density at radius 2 is 0.919 bits per heavy atom. The molecular formula is C25H16F7O3PS. The van der Waals surface area contributed by atoms with Crippen molar-refractivity contribution in [3.63, 3.8) is 0 Å². The monoisotopic (exact) mass is 560 g/mol. The molecule has 194 valence electrons.